The van der Waals surface area contributed by atoms with Crippen molar-refractivity contribution < 1.29 is 28.6 Å². The first-order valence-electron chi connectivity index (χ1n) is 16.2. The maximum Gasteiger partial charge on any atom is 0.303 e. The van der Waals surface area contributed by atoms with Crippen molar-refractivity contribution in [2.24, 2.45) is 5.92 Å². The molecule has 2 aliphatic heterocycles. The minimum absolute atomic E-state index is 0.0517. The zero-order valence-electron chi connectivity index (χ0n) is 26.3. The maximum atomic E-state index is 14.0. The lowest BCUT2D eigenvalue weighted by Gasteiger charge is -2.65. The van der Waals surface area contributed by atoms with Crippen molar-refractivity contribution in [3.8, 4) is 11.5 Å². The average Bonchev–Trinajstić information content (AvgIpc) is 3.66. The number of amides is 1. The number of carbonyl (C=O) groups is 2. The van der Waals surface area contributed by atoms with E-state index in [1.54, 1.807) is 30.7 Å². The normalized spacial score (nSPS) is 28.1. The predicted octanol–water partition coefficient (Wildman–Crippen LogP) is 5.52. The van der Waals surface area contributed by atoms with E-state index in [4.69, 9.17) is 13.9 Å². The van der Waals surface area contributed by atoms with Gasteiger partial charge in [-0.25, -0.2) is 0 Å². The van der Waals surface area contributed by atoms with E-state index in [1.807, 2.05) is 23.1 Å². The van der Waals surface area contributed by atoms with Crippen LogP contribution in [-0.2, 0) is 32.6 Å². The third-order valence-corrected chi connectivity index (χ3v) is 10.6. The van der Waals surface area contributed by atoms with Crippen molar-refractivity contribution in [1.82, 2.24) is 9.80 Å². The van der Waals surface area contributed by atoms with Gasteiger partial charge < -0.3 is 23.9 Å². The second-order valence-electron chi connectivity index (χ2n) is 13.6. The van der Waals surface area contributed by atoms with Crippen LogP contribution in [0.5, 0.6) is 11.5 Å². The number of nitrogens with zero attached hydrogens (tertiary/aromatic N) is 2. The molecule has 8 nitrogen and oxygen atoms in total. The highest BCUT2D eigenvalue weighted by molar-refractivity contribution is 5.92. The third kappa shape index (κ3) is 4.76. The molecule has 0 unspecified atom stereocenters. The fourth-order valence-corrected chi connectivity index (χ4v) is 8.96. The van der Waals surface area contributed by atoms with Crippen molar-refractivity contribution in [3.05, 3.63) is 89.4 Å². The van der Waals surface area contributed by atoms with Crippen molar-refractivity contribution in [1.29, 1.82) is 0 Å². The van der Waals surface area contributed by atoms with Crippen LogP contribution in [-0.4, -0.2) is 70.2 Å². The zero-order valence-corrected chi connectivity index (χ0v) is 26.3. The monoisotopic (exact) mass is 610 g/mol. The van der Waals surface area contributed by atoms with Crippen LogP contribution in [0.2, 0.25) is 0 Å². The number of hydrogen-bond acceptors (Lipinski definition) is 7. The Balaban J connectivity index is 1.31. The Labute approximate surface area is 264 Å². The number of ether oxygens (including phenoxy) is 2. The van der Waals surface area contributed by atoms with Crippen molar-refractivity contribution in [2.45, 2.75) is 82.1 Å². The van der Waals surface area contributed by atoms with E-state index < -0.39 is 17.1 Å². The summed E-state index contributed by atoms with van der Waals surface area (Å²) in [5.41, 5.74) is 2.66. The first-order valence-corrected chi connectivity index (χ1v) is 16.2. The summed E-state index contributed by atoms with van der Waals surface area (Å²) in [4.78, 5) is 31.5. The highest BCUT2D eigenvalue weighted by atomic mass is 16.6. The summed E-state index contributed by atoms with van der Waals surface area (Å²) < 4.78 is 18.7. The second-order valence-corrected chi connectivity index (χ2v) is 13.6. The van der Waals surface area contributed by atoms with E-state index in [-0.39, 0.29) is 35.6 Å². The van der Waals surface area contributed by atoms with Crippen LogP contribution >= 0.6 is 0 Å². The summed E-state index contributed by atoms with van der Waals surface area (Å²) in [6, 6.07) is 15.7. The van der Waals surface area contributed by atoms with Gasteiger partial charge in [-0.15, -0.1) is 0 Å². The molecule has 1 N–H and O–H groups in total. The summed E-state index contributed by atoms with van der Waals surface area (Å²) in [6.45, 7) is 7.93. The number of aromatic hydroxyl groups is 1. The standard InChI is InChI=1S/C37H42N2O6/c1-24(2)22-39(32(42)12-9-27-15-20-43-23-27)29-13-16-37(45-25(3)40)31-21-28-10-11-30(41)34-33(28)36(37,35(29)44-34)17-19-38(31)18-14-26-7-5-4-6-8-26/h4-12,15,20,23-24,29,31,35,41H,13-14,16-19,21-22H2,1-3H3/b12-9+/t29-,31+,35-,36-,37+/m0/s1. The summed E-state index contributed by atoms with van der Waals surface area (Å²) in [5, 5.41) is 11.2. The Morgan fingerprint density at radius 3 is 2.71 bits per heavy atom. The Bertz CT molecular complexity index is 1600. The molecule has 1 amide bonds. The van der Waals surface area contributed by atoms with Crippen LogP contribution in [0, 0.1) is 5.92 Å². The van der Waals surface area contributed by atoms with Gasteiger partial charge >= 0.3 is 5.97 Å². The van der Waals surface area contributed by atoms with Gasteiger partial charge in [0.1, 0.15) is 11.7 Å². The molecule has 1 saturated heterocycles. The summed E-state index contributed by atoms with van der Waals surface area (Å²) in [5.74, 6) is 0.405. The van der Waals surface area contributed by atoms with Crippen molar-refractivity contribution in [2.75, 3.05) is 19.6 Å². The average molecular weight is 611 g/mol. The molecule has 1 aromatic heterocycles. The summed E-state index contributed by atoms with van der Waals surface area (Å²) in [6.07, 6.45) is 9.63. The van der Waals surface area contributed by atoms with Crippen LogP contribution in [0.1, 0.15) is 62.3 Å². The first kappa shape index (κ1) is 29.7. The van der Waals surface area contributed by atoms with E-state index in [1.165, 1.54) is 12.5 Å². The first-order chi connectivity index (χ1) is 21.7. The lowest BCUT2D eigenvalue weighted by Crippen LogP contribution is -2.79. The van der Waals surface area contributed by atoms with Crippen LogP contribution in [0.25, 0.3) is 6.08 Å². The van der Waals surface area contributed by atoms with Gasteiger partial charge in [0, 0.05) is 37.2 Å². The molecule has 0 radical (unpaired) electrons. The molecular formula is C37H42N2O6. The minimum Gasteiger partial charge on any atom is -0.504 e. The molecule has 3 heterocycles. The van der Waals surface area contributed by atoms with Gasteiger partial charge in [-0.3, -0.25) is 14.5 Å². The zero-order chi connectivity index (χ0) is 31.3. The van der Waals surface area contributed by atoms with E-state index in [2.05, 4.69) is 43.0 Å². The molecule has 236 valence electrons. The number of phenols is 1. The molecule has 2 bridgehead atoms. The predicted molar refractivity (Wildman–Crippen MR) is 170 cm³/mol. The largest absolute Gasteiger partial charge is 0.504 e. The highest BCUT2D eigenvalue weighted by Gasteiger charge is 2.75. The third-order valence-electron chi connectivity index (χ3n) is 10.6. The number of benzene rings is 2. The topological polar surface area (TPSA) is 92.5 Å². The number of esters is 1. The summed E-state index contributed by atoms with van der Waals surface area (Å²) >= 11 is 0. The molecule has 2 aromatic carbocycles. The van der Waals surface area contributed by atoms with E-state index >= 15 is 0 Å². The Hall–Kier alpha value is -4.04. The van der Waals surface area contributed by atoms with Crippen molar-refractivity contribution in [3.63, 3.8) is 0 Å². The Morgan fingerprint density at radius 1 is 1.16 bits per heavy atom. The van der Waals surface area contributed by atoms with Gasteiger partial charge in [-0.1, -0.05) is 50.2 Å². The van der Waals surface area contributed by atoms with Gasteiger partial charge in [0.05, 0.1) is 30.0 Å². The van der Waals surface area contributed by atoms with Crippen LogP contribution in [0.15, 0.2) is 71.6 Å². The number of furan rings is 1. The molecule has 45 heavy (non-hydrogen) atoms. The Kier molecular flexibility index (Phi) is 7.51. The second kappa shape index (κ2) is 11.4. The maximum absolute atomic E-state index is 14.0. The van der Waals surface area contributed by atoms with Gasteiger partial charge in [-0.05, 0) is 73.9 Å². The smallest absolute Gasteiger partial charge is 0.303 e. The highest BCUT2D eigenvalue weighted by Crippen LogP contribution is 2.67. The fraction of sp³-hybridized carbons (Fsp3) is 0.459. The molecule has 3 aromatic rings. The van der Waals surface area contributed by atoms with Gasteiger partial charge in [-0.2, -0.15) is 0 Å². The molecule has 2 aliphatic carbocycles. The van der Waals surface area contributed by atoms with Gasteiger partial charge in [0.15, 0.2) is 11.5 Å². The summed E-state index contributed by atoms with van der Waals surface area (Å²) in [7, 11) is 0. The van der Waals surface area contributed by atoms with Crippen LogP contribution in [0.4, 0.5) is 0 Å². The Morgan fingerprint density at radius 2 is 1.98 bits per heavy atom. The lowest BCUT2D eigenvalue weighted by molar-refractivity contribution is -0.224. The van der Waals surface area contributed by atoms with Gasteiger partial charge in [0.25, 0.3) is 0 Å². The molecule has 8 heteroatoms. The van der Waals surface area contributed by atoms with Crippen LogP contribution < -0.4 is 4.74 Å². The SMILES string of the molecule is CC(=O)O[C@@]12CC[C@H](N(CC(C)C)C(=O)/C=C/c3ccoc3)[C@@H]3Oc4c(O)ccc5c4[C@@]31CCN(CCc1ccccc1)[C@@H]2C5. The number of likely N-dealkylation sites (tertiary alicyclic amines) is 1. The van der Waals surface area contributed by atoms with Crippen molar-refractivity contribution >= 4 is 18.0 Å². The fourth-order valence-electron chi connectivity index (χ4n) is 8.96. The quantitative estimate of drug-likeness (QED) is 0.252. The molecule has 7 rings (SSSR count). The van der Waals surface area contributed by atoms with E-state index in [9.17, 15) is 14.7 Å². The minimum atomic E-state index is -0.847. The number of hydrogen-bond donors (Lipinski definition) is 1. The molecule has 1 spiro atoms. The van der Waals surface area contributed by atoms with Crippen LogP contribution in [0.3, 0.4) is 0 Å². The van der Waals surface area contributed by atoms with Gasteiger partial charge in [0.2, 0.25) is 5.91 Å². The lowest BCUT2D eigenvalue weighted by atomic mass is 9.48. The number of piperidine rings is 1. The number of phenolic OH excluding ortho intramolecular Hbond substituents is 1. The molecule has 5 atom stereocenters. The number of rotatable bonds is 9. The van der Waals surface area contributed by atoms with E-state index in [0.717, 1.165) is 36.2 Å². The molecule has 4 aliphatic rings. The molecule has 2 fully saturated rings. The van der Waals surface area contributed by atoms with E-state index in [0.29, 0.717) is 38.0 Å². The number of carbonyl (C=O) groups excluding carboxylic acids is 2. The molecule has 1 saturated carbocycles. The molecular weight excluding hydrogens is 568 g/mol.